The molecule has 0 fully saturated rings. The summed E-state index contributed by atoms with van der Waals surface area (Å²) in [6.45, 7) is 2.67. The Kier molecular flexibility index (Phi) is 4.79. The first-order chi connectivity index (χ1) is 7.65. The first-order valence-corrected chi connectivity index (χ1v) is 5.39. The molecule has 3 N–H and O–H groups in total. The van der Waals surface area contributed by atoms with E-state index in [2.05, 4.69) is 0 Å². The number of amides is 2. The molecule has 16 heavy (non-hydrogen) atoms. The number of benzene rings is 1. The fourth-order valence-corrected chi connectivity index (χ4v) is 1.47. The number of aliphatic hydroxyl groups is 1. The van der Waals surface area contributed by atoms with E-state index in [4.69, 9.17) is 10.8 Å². The molecule has 0 saturated carbocycles. The average Bonchev–Trinajstić information content (AvgIpc) is 2.26. The van der Waals surface area contributed by atoms with Crippen LogP contribution in [0.4, 0.5) is 10.5 Å². The summed E-state index contributed by atoms with van der Waals surface area (Å²) in [7, 11) is 0. The van der Waals surface area contributed by atoms with Crippen molar-refractivity contribution in [2.75, 3.05) is 18.1 Å². The molecule has 0 spiro atoms. The van der Waals surface area contributed by atoms with Crippen molar-refractivity contribution in [1.82, 2.24) is 0 Å². The summed E-state index contributed by atoms with van der Waals surface area (Å²) in [5.74, 6) is 0. The Hall–Kier alpha value is -1.55. The van der Waals surface area contributed by atoms with Crippen LogP contribution in [0.1, 0.15) is 18.4 Å². The second-order valence-corrected chi connectivity index (χ2v) is 3.76. The highest BCUT2D eigenvalue weighted by Gasteiger charge is 2.10. The standard InChI is InChI=1S/C12H18N2O2/c1-10-4-6-11(7-5-10)14(12(13)16)8-2-3-9-15/h4-7,15H,2-3,8-9H2,1H3,(H2,13,16). The number of urea groups is 1. The third-order valence-electron chi connectivity index (χ3n) is 2.40. The van der Waals surface area contributed by atoms with Gasteiger partial charge in [0.15, 0.2) is 0 Å². The van der Waals surface area contributed by atoms with E-state index in [0.717, 1.165) is 17.7 Å². The van der Waals surface area contributed by atoms with Crippen molar-refractivity contribution in [2.45, 2.75) is 19.8 Å². The molecule has 0 unspecified atom stereocenters. The number of primary amides is 1. The van der Waals surface area contributed by atoms with Gasteiger partial charge in [-0.25, -0.2) is 4.79 Å². The zero-order chi connectivity index (χ0) is 12.0. The van der Waals surface area contributed by atoms with Crippen LogP contribution in [-0.4, -0.2) is 24.3 Å². The number of aliphatic hydroxyl groups excluding tert-OH is 1. The van der Waals surface area contributed by atoms with Crippen LogP contribution >= 0.6 is 0 Å². The minimum Gasteiger partial charge on any atom is -0.396 e. The molecule has 0 aliphatic carbocycles. The number of carbonyl (C=O) groups excluding carboxylic acids is 1. The lowest BCUT2D eigenvalue weighted by Gasteiger charge is -2.20. The van der Waals surface area contributed by atoms with Gasteiger partial charge in [0, 0.05) is 18.8 Å². The molecule has 4 heteroatoms. The van der Waals surface area contributed by atoms with Crippen LogP contribution in [0, 0.1) is 6.92 Å². The van der Waals surface area contributed by atoms with Crippen molar-refractivity contribution in [3.63, 3.8) is 0 Å². The van der Waals surface area contributed by atoms with Crippen molar-refractivity contribution < 1.29 is 9.90 Å². The summed E-state index contributed by atoms with van der Waals surface area (Å²) in [6.07, 6.45) is 1.42. The molecule has 1 rings (SSSR count). The Morgan fingerprint density at radius 2 is 1.94 bits per heavy atom. The highest BCUT2D eigenvalue weighted by atomic mass is 16.3. The number of anilines is 1. The lowest BCUT2D eigenvalue weighted by molar-refractivity contribution is 0.252. The molecule has 0 heterocycles. The van der Waals surface area contributed by atoms with Gasteiger partial charge in [-0.15, -0.1) is 0 Å². The molecule has 0 saturated heterocycles. The first kappa shape index (κ1) is 12.5. The van der Waals surface area contributed by atoms with Crippen LogP contribution in [0.5, 0.6) is 0 Å². The molecule has 0 aliphatic heterocycles. The second-order valence-electron chi connectivity index (χ2n) is 3.76. The fraction of sp³-hybridized carbons (Fsp3) is 0.417. The van der Waals surface area contributed by atoms with E-state index in [1.807, 2.05) is 31.2 Å². The van der Waals surface area contributed by atoms with Crippen LogP contribution < -0.4 is 10.6 Å². The quantitative estimate of drug-likeness (QED) is 0.744. The highest BCUT2D eigenvalue weighted by Crippen LogP contribution is 2.15. The normalized spacial score (nSPS) is 10.1. The minimum absolute atomic E-state index is 0.139. The first-order valence-electron chi connectivity index (χ1n) is 5.39. The summed E-state index contributed by atoms with van der Waals surface area (Å²) in [5.41, 5.74) is 7.26. The van der Waals surface area contributed by atoms with Crippen LogP contribution in [0.2, 0.25) is 0 Å². The fourth-order valence-electron chi connectivity index (χ4n) is 1.47. The molecular weight excluding hydrogens is 204 g/mol. The molecule has 0 bridgehead atoms. The summed E-state index contributed by atoms with van der Waals surface area (Å²) in [5, 5.41) is 8.69. The number of hydrogen-bond donors (Lipinski definition) is 2. The van der Waals surface area contributed by atoms with Gasteiger partial charge in [0.05, 0.1) is 0 Å². The highest BCUT2D eigenvalue weighted by molar-refractivity contribution is 5.90. The van der Waals surface area contributed by atoms with E-state index in [1.54, 1.807) is 0 Å². The third-order valence-corrected chi connectivity index (χ3v) is 2.40. The molecular formula is C12H18N2O2. The number of nitrogens with two attached hydrogens (primary N) is 1. The van der Waals surface area contributed by atoms with E-state index in [1.165, 1.54) is 4.90 Å². The predicted octanol–water partition coefficient (Wildman–Crippen LogP) is 1.65. The van der Waals surface area contributed by atoms with Crippen molar-refractivity contribution >= 4 is 11.7 Å². The monoisotopic (exact) mass is 222 g/mol. The maximum absolute atomic E-state index is 11.3. The molecule has 1 aromatic rings. The Labute approximate surface area is 95.7 Å². The van der Waals surface area contributed by atoms with E-state index < -0.39 is 6.03 Å². The SMILES string of the molecule is Cc1ccc(N(CCCCO)C(N)=O)cc1. The van der Waals surface area contributed by atoms with E-state index in [-0.39, 0.29) is 6.61 Å². The van der Waals surface area contributed by atoms with Crippen LogP contribution in [-0.2, 0) is 0 Å². The molecule has 0 radical (unpaired) electrons. The Morgan fingerprint density at radius 1 is 1.31 bits per heavy atom. The molecule has 0 atom stereocenters. The smallest absolute Gasteiger partial charge is 0.319 e. The summed E-state index contributed by atoms with van der Waals surface area (Å²) in [6, 6.07) is 7.17. The number of carbonyl (C=O) groups is 1. The molecule has 1 aromatic carbocycles. The zero-order valence-corrected chi connectivity index (χ0v) is 9.52. The number of nitrogens with zero attached hydrogens (tertiary/aromatic N) is 1. The molecule has 88 valence electrons. The predicted molar refractivity (Wildman–Crippen MR) is 64.4 cm³/mol. The van der Waals surface area contributed by atoms with Gasteiger partial charge in [0.2, 0.25) is 0 Å². The maximum atomic E-state index is 11.3. The van der Waals surface area contributed by atoms with Gasteiger partial charge in [0.1, 0.15) is 0 Å². The van der Waals surface area contributed by atoms with Gasteiger partial charge < -0.3 is 10.8 Å². The number of hydrogen-bond acceptors (Lipinski definition) is 2. The largest absolute Gasteiger partial charge is 0.396 e. The summed E-state index contributed by atoms with van der Waals surface area (Å²) >= 11 is 0. The van der Waals surface area contributed by atoms with Gasteiger partial charge in [0.25, 0.3) is 0 Å². The van der Waals surface area contributed by atoms with Crippen molar-refractivity contribution in [1.29, 1.82) is 0 Å². The summed E-state index contributed by atoms with van der Waals surface area (Å²) in [4.78, 5) is 12.8. The zero-order valence-electron chi connectivity index (χ0n) is 9.52. The minimum atomic E-state index is -0.457. The molecule has 0 aromatic heterocycles. The van der Waals surface area contributed by atoms with Crippen molar-refractivity contribution in [2.24, 2.45) is 5.73 Å². The molecule has 0 aliphatic rings. The lowest BCUT2D eigenvalue weighted by atomic mass is 10.2. The summed E-state index contributed by atoms with van der Waals surface area (Å²) < 4.78 is 0. The van der Waals surface area contributed by atoms with E-state index >= 15 is 0 Å². The molecule has 4 nitrogen and oxygen atoms in total. The van der Waals surface area contributed by atoms with E-state index in [0.29, 0.717) is 13.0 Å². The Balaban J connectivity index is 2.69. The van der Waals surface area contributed by atoms with Crippen LogP contribution in [0.25, 0.3) is 0 Å². The molecule has 2 amide bonds. The maximum Gasteiger partial charge on any atom is 0.319 e. The van der Waals surface area contributed by atoms with Gasteiger partial charge in [-0.05, 0) is 31.9 Å². The van der Waals surface area contributed by atoms with Crippen LogP contribution in [0.15, 0.2) is 24.3 Å². The topological polar surface area (TPSA) is 66.6 Å². The Bertz CT molecular complexity index is 335. The average molecular weight is 222 g/mol. The van der Waals surface area contributed by atoms with Gasteiger partial charge >= 0.3 is 6.03 Å². The third kappa shape index (κ3) is 3.55. The van der Waals surface area contributed by atoms with Gasteiger partial charge in [-0.2, -0.15) is 0 Å². The van der Waals surface area contributed by atoms with Crippen molar-refractivity contribution in [3.05, 3.63) is 29.8 Å². The van der Waals surface area contributed by atoms with Crippen LogP contribution in [0.3, 0.4) is 0 Å². The van der Waals surface area contributed by atoms with Gasteiger partial charge in [-0.1, -0.05) is 17.7 Å². The number of aryl methyl sites for hydroxylation is 1. The van der Waals surface area contributed by atoms with Crippen molar-refractivity contribution in [3.8, 4) is 0 Å². The number of unbranched alkanes of at least 4 members (excludes halogenated alkanes) is 1. The second kappa shape index (κ2) is 6.12. The number of rotatable bonds is 5. The van der Waals surface area contributed by atoms with Gasteiger partial charge in [-0.3, -0.25) is 4.90 Å². The lowest BCUT2D eigenvalue weighted by Crippen LogP contribution is -2.36. The van der Waals surface area contributed by atoms with E-state index in [9.17, 15) is 4.79 Å². The Morgan fingerprint density at radius 3 is 2.44 bits per heavy atom.